The van der Waals surface area contributed by atoms with Gasteiger partial charge in [0.05, 0.1) is 36.6 Å². The molecule has 0 spiro atoms. The minimum atomic E-state index is -0.948. The van der Waals surface area contributed by atoms with Crippen LogP contribution in [0.15, 0.2) is 36.5 Å². The van der Waals surface area contributed by atoms with Crippen LogP contribution in [0.1, 0.15) is 33.9 Å². The molecule has 2 N–H and O–H groups in total. The molecule has 0 unspecified atom stereocenters. The van der Waals surface area contributed by atoms with Gasteiger partial charge in [0, 0.05) is 11.2 Å². The van der Waals surface area contributed by atoms with Crippen LogP contribution < -0.4 is 5.32 Å². The lowest BCUT2D eigenvalue weighted by molar-refractivity contribution is -0.137. The van der Waals surface area contributed by atoms with E-state index in [1.807, 2.05) is 38.1 Å². The number of halogens is 1. The summed E-state index contributed by atoms with van der Waals surface area (Å²) in [6.07, 6.45) is 1.36. The lowest BCUT2D eigenvalue weighted by Gasteiger charge is -2.09. The largest absolute Gasteiger partial charge is 0.481 e. The summed E-state index contributed by atoms with van der Waals surface area (Å²) in [5.74, 6) is -1.31. The van der Waals surface area contributed by atoms with Crippen molar-refractivity contribution in [1.29, 1.82) is 0 Å². The third-order valence-corrected chi connectivity index (χ3v) is 4.56. The molecule has 0 saturated carbocycles. The van der Waals surface area contributed by atoms with E-state index in [1.165, 1.54) is 10.9 Å². The molecule has 0 aliphatic rings. The fourth-order valence-electron chi connectivity index (χ4n) is 2.92. The number of amides is 1. The molecule has 0 bridgehead atoms. The molecular weight excluding hydrogens is 382 g/mol. The first kappa shape index (κ1) is 19.6. The number of hydrogen-bond acceptors (Lipinski definition) is 4. The Kier molecular flexibility index (Phi) is 5.79. The number of nitrogens with zero attached hydrogens (tertiary/aromatic N) is 4. The zero-order valence-corrected chi connectivity index (χ0v) is 16.3. The van der Waals surface area contributed by atoms with Crippen molar-refractivity contribution in [2.75, 3.05) is 5.32 Å². The molecule has 3 rings (SSSR count). The quantitative estimate of drug-likeness (QED) is 0.633. The maximum atomic E-state index is 12.7. The van der Waals surface area contributed by atoms with Crippen LogP contribution in [0.3, 0.4) is 0 Å². The lowest BCUT2D eigenvalue weighted by Crippen LogP contribution is -2.19. The van der Waals surface area contributed by atoms with Crippen LogP contribution in [0.4, 0.5) is 5.69 Å². The van der Waals surface area contributed by atoms with Crippen molar-refractivity contribution in [3.8, 4) is 0 Å². The van der Waals surface area contributed by atoms with E-state index < -0.39 is 5.97 Å². The molecule has 0 aliphatic carbocycles. The summed E-state index contributed by atoms with van der Waals surface area (Å²) in [5, 5.41) is 20.9. The molecule has 146 valence electrons. The zero-order valence-electron chi connectivity index (χ0n) is 15.5. The number of rotatable bonds is 7. The molecular formula is C19H20ClN5O3. The number of carboxylic acids is 1. The number of aromatic nitrogens is 4. The molecule has 9 heteroatoms. The molecule has 0 aliphatic heterocycles. The van der Waals surface area contributed by atoms with Gasteiger partial charge in [-0.05, 0) is 37.6 Å². The standard InChI is InChI=1S/C19H20ClN5O3/c1-12-18(13(2)25(23-12)11-14-4-3-5-15(20)10-14)22-19(28)16-6-8-21-24(16)9-7-17(26)27/h3-6,8,10H,7,9,11H2,1-2H3,(H,22,28)(H,26,27). The molecule has 1 aromatic carbocycles. The molecule has 8 nitrogen and oxygen atoms in total. The fourth-order valence-corrected chi connectivity index (χ4v) is 3.14. The highest BCUT2D eigenvalue weighted by molar-refractivity contribution is 6.30. The number of anilines is 1. The van der Waals surface area contributed by atoms with Crippen molar-refractivity contribution in [3.63, 3.8) is 0 Å². The SMILES string of the molecule is Cc1nn(Cc2cccc(Cl)c2)c(C)c1NC(=O)c1ccnn1CCC(=O)O. The average Bonchev–Trinajstić information content (AvgIpc) is 3.20. The molecule has 2 aromatic heterocycles. The van der Waals surface area contributed by atoms with E-state index in [0.29, 0.717) is 28.6 Å². The van der Waals surface area contributed by atoms with E-state index in [9.17, 15) is 9.59 Å². The molecule has 0 radical (unpaired) electrons. The number of carbonyl (C=O) groups is 2. The molecule has 28 heavy (non-hydrogen) atoms. The van der Waals surface area contributed by atoms with Gasteiger partial charge in [-0.25, -0.2) is 0 Å². The maximum Gasteiger partial charge on any atom is 0.305 e. The van der Waals surface area contributed by atoms with Gasteiger partial charge in [-0.15, -0.1) is 0 Å². The van der Waals surface area contributed by atoms with Crippen molar-refractivity contribution in [2.45, 2.75) is 33.4 Å². The Hall–Kier alpha value is -3.13. The number of benzene rings is 1. The minimum Gasteiger partial charge on any atom is -0.481 e. The number of nitrogens with one attached hydrogen (secondary N) is 1. The molecule has 3 aromatic rings. The Morgan fingerprint density at radius 2 is 2.00 bits per heavy atom. The Bertz CT molecular complexity index is 1020. The summed E-state index contributed by atoms with van der Waals surface area (Å²) in [4.78, 5) is 23.5. The van der Waals surface area contributed by atoms with Gasteiger partial charge in [0.25, 0.3) is 5.91 Å². The smallest absolute Gasteiger partial charge is 0.305 e. The number of hydrogen-bond donors (Lipinski definition) is 2. The van der Waals surface area contributed by atoms with E-state index in [0.717, 1.165) is 11.3 Å². The van der Waals surface area contributed by atoms with Crippen LogP contribution in [0.25, 0.3) is 0 Å². The van der Waals surface area contributed by atoms with Gasteiger partial charge in [0.15, 0.2) is 0 Å². The van der Waals surface area contributed by atoms with Crippen LogP contribution in [-0.2, 0) is 17.9 Å². The summed E-state index contributed by atoms with van der Waals surface area (Å²) >= 11 is 6.04. The number of aliphatic carboxylic acids is 1. The Morgan fingerprint density at radius 3 is 2.71 bits per heavy atom. The Morgan fingerprint density at radius 1 is 1.21 bits per heavy atom. The van der Waals surface area contributed by atoms with Gasteiger partial charge in [-0.1, -0.05) is 23.7 Å². The van der Waals surface area contributed by atoms with Crippen molar-refractivity contribution >= 4 is 29.2 Å². The first-order chi connectivity index (χ1) is 13.3. The number of carboxylic acid groups (broad SMARTS) is 1. The highest BCUT2D eigenvalue weighted by Gasteiger charge is 2.18. The number of carbonyl (C=O) groups excluding carboxylic acids is 1. The predicted molar refractivity (Wildman–Crippen MR) is 105 cm³/mol. The van der Waals surface area contributed by atoms with Crippen LogP contribution >= 0.6 is 11.6 Å². The van der Waals surface area contributed by atoms with Gasteiger partial charge in [-0.3, -0.25) is 19.0 Å². The van der Waals surface area contributed by atoms with Crippen LogP contribution in [-0.4, -0.2) is 36.5 Å². The van der Waals surface area contributed by atoms with Gasteiger partial charge in [-0.2, -0.15) is 10.2 Å². The second-order valence-electron chi connectivity index (χ2n) is 6.37. The summed E-state index contributed by atoms with van der Waals surface area (Å²) in [6.45, 7) is 4.34. The van der Waals surface area contributed by atoms with Crippen LogP contribution in [0.2, 0.25) is 5.02 Å². The minimum absolute atomic E-state index is 0.114. The van der Waals surface area contributed by atoms with Crippen LogP contribution in [0.5, 0.6) is 0 Å². The summed E-state index contributed by atoms with van der Waals surface area (Å²) in [5.41, 5.74) is 3.41. The third-order valence-electron chi connectivity index (χ3n) is 4.33. The van der Waals surface area contributed by atoms with E-state index >= 15 is 0 Å². The highest BCUT2D eigenvalue weighted by Crippen LogP contribution is 2.22. The van der Waals surface area contributed by atoms with Crippen molar-refractivity contribution in [3.05, 3.63) is 64.2 Å². The molecule has 1 amide bonds. The average molecular weight is 402 g/mol. The number of aryl methyl sites for hydroxylation is 2. The normalized spacial score (nSPS) is 10.8. The zero-order chi connectivity index (χ0) is 20.3. The summed E-state index contributed by atoms with van der Waals surface area (Å²) < 4.78 is 3.18. The van der Waals surface area contributed by atoms with E-state index in [1.54, 1.807) is 10.7 Å². The van der Waals surface area contributed by atoms with Gasteiger partial charge in [0.1, 0.15) is 5.69 Å². The first-order valence-electron chi connectivity index (χ1n) is 8.68. The summed E-state index contributed by atoms with van der Waals surface area (Å²) in [7, 11) is 0. The second-order valence-corrected chi connectivity index (χ2v) is 6.81. The monoisotopic (exact) mass is 401 g/mol. The van der Waals surface area contributed by atoms with Gasteiger partial charge in [0.2, 0.25) is 0 Å². The summed E-state index contributed by atoms with van der Waals surface area (Å²) in [6, 6.07) is 9.08. The van der Waals surface area contributed by atoms with E-state index in [-0.39, 0.29) is 18.9 Å². The van der Waals surface area contributed by atoms with E-state index in [2.05, 4.69) is 15.5 Å². The Balaban J connectivity index is 1.78. The molecule has 2 heterocycles. The van der Waals surface area contributed by atoms with E-state index in [4.69, 9.17) is 16.7 Å². The first-order valence-corrected chi connectivity index (χ1v) is 9.06. The molecule has 0 saturated heterocycles. The van der Waals surface area contributed by atoms with Crippen molar-refractivity contribution in [2.24, 2.45) is 0 Å². The van der Waals surface area contributed by atoms with Crippen molar-refractivity contribution < 1.29 is 14.7 Å². The van der Waals surface area contributed by atoms with Gasteiger partial charge < -0.3 is 10.4 Å². The van der Waals surface area contributed by atoms with Gasteiger partial charge >= 0.3 is 5.97 Å². The topological polar surface area (TPSA) is 102 Å². The molecule has 0 atom stereocenters. The second kappa shape index (κ2) is 8.26. The lowest BCUT2D eigenvalue weighted by atomic mass is 10.2. The van der Waals surface area contributed by atoms with Crippen LogP contribution in [0, 0.1) is 13.8 Å². The third kappa shape index (κ3) is 4.40. The highest BCUT2D eigenvalue weighted by atomic mass is 35.5. The maximum absolute atomic E-state index is 12.7. The van der Waals surface area contributed by atoms with Crippen molar-refractivity contribution in [1.82, 2.24) is 19.6 Å². The molecule has 0 fully saturated rings. The predicted octanol–water partition coefficient (Wildman–Crippen LogP) is 3.13. The fraction of sp³-hybridized carbons (Fsp3) is 0.263. The Labute approximate surface area is 166 Å².